The summed E-state index contributed by atoms with van der Waals surface area (Å²) < 4.78 is 5.08. The lowest BCUT2D eigenvalue weighted by Gasteiger charge is -2.06. The zero-order chi connectivity index (χ0) is 13.6. The lowest BCUT2D eigenvalue weighted by atomic mass is 10.1. The normalized spacial score (nSPS) is 12.4. The van der Waals surface area contributed by atoms with E-state index in [9.17, 15) is 4.79 Å². The van der Waals surface area contributed by atoms with Gasteiger partial charge in [0.15, 0.2) is 0 Å². The number of halogens is 1. The molecule has 0 radical (unpaired) electrons. The molecule has 0 aliphatic carbocycles. The monoisotopic (exact) mass is 338 g/mol. The van der Waals surface area contributed by atoms with Gasteiger partial charge in [0, 0.05) is 0 Å². The highest BCUT2D eigenvalue weighted by atomic mass is 79.9. The predicted octanol–water partition coefficient (Wildman–Crippen LogP) is 4.75. The summed E-state index contributed by atoms with van der Waals surface area (Å²) in [5.41, 5.74) is 0. The third-order valence-corrected chi connectivity index (χ3v) is 3.56. The van der Waals surface area contributed by atoms with Gasteiger partial charge in [0.05, 0.1) is 6.61 Å². The van der Waals surface area contributed by atoms with Gasteiger partial charge in [0.1, 0.15) is 4.83 Å². The van der Waals surface area contributed by atoms with Crippen molar-refractivity contribution >= 4 is 34.5 Å². The summed E-state index contributed by atoms with van der Waals surface area (Å²) in [5, 5.41) is 0. The molecule has 4 heteroatoms. The topological polar surface area (TPSA) is 26.3 Å². The summed E-state index contributed by atoms with van der Waals surface area (Å²) in [6.07, 6.45) is 11.3. The molecule has 0 N–H and O–H groups in total. The number of ether oxygens (including phenoxy) is 1. The van der Waals surface area contributed by atoms with Crippen LogP contribution in [0.3, 0.4) is 0 Å². The van der Waals surface area contributed by atoms with Crippen LogP contribution in [0.15, 0.2) is 0 Å². The Kier molecular flexibility index (Phi) is 14.0. The molecule has 0 aromatic heterocycles. The fourth-order valence-corrected chi connectivity index (χ4v) is 2.09. The lowest BCUT2D eigenvalue weighted by molar-refractivity contribution is -0.142. The van der Waals surface area contributed by atoms with Gasteiger partial charge >= 0.3 is 5.97 Å². The number of rotatable bonds is 12. The van der Waals surface area contributed by atoms with Crippen molar-refractivity contribution in [1.82, 2.24) is 0 Å². The summed E-state index contributed by atoms with van der Waals surface area (Å²) in [7, 11) is 0. The smallest absolute Gasteiger partial charge is 0.319 e. The molecule has 0 aliphatic rings. The minimum Gasteiger partial charge on any atom is -0.465 e. The van der Waals surface area contributed by atoms with Crippen LogP contribution in [0.25, 0.3) is 0 Å². The minimum atomic E-state index is -0.185. The molecule has 0 bridgehead atoms. The van der Waals surface area contributed by atoms with E-state index in [0.717, 1.165) is 12.2 Å². The number of carbonyl (C=O) groups excluding carboxylic acids is 1. The van der Waals surface area contributed by atoms with Crippen LogP contribution in [0.5, 0.6) is 0 Å². The van der Waals surface area contributed by atoms with E-state index in [4.69, 9.17) is 4.74 Å². The Balaban J connectivity index is 3.05. The van der Waals surface area contributed by atoms with Crippen molar-refractivity contribution in [2.45, 2.75) is 69.5 Å². The summed E-state index contributed by atoms with van der Waals surface area (Å²) in [5.74, 6) is 0.866. The molecule has 0 heterocycles. The fourth-order valence-electron chi connectivity index (χ4n) is 1.74. The third-order valence-electron chi connectivity index (χ3n) is 2.87. The first kappa shape index (κ1) is 18.3. The van der Waals surface area contributed by atoms with Crippen molar-refractivity contribution in [1.29, 1.82) is 0 Å². The molecule has 108 valence electrons. The molecule has 0 saturated heterocycles. The SMILES string of the molecule is CC(Br)C(=O)OCCCCCCCCCCCS. The number of hydrogen-bond acceptors (Lipinski definition) is 3. The highest BCUT2D eigenvalue weighted by molar-refractivity contribution is 9.10. The van der Waals surface area contributed by atoms with Crippen LogP contribution in [0.4, 0.5) is 0 Å². The quantitative estimate of drug-likeness (QED) is 0.240. The third kappa shape index (κ3) is 12.7. The van der Waals surface area contributed by atoms with Crippen LogP contribution >= 0.6 is 28.6 Å². The number of hydrogen-bond donors (Lipinski definition) is 1. The van der Waals surface area contributed by atoms with Gasteiger partial charge in [-0.3, -0.25) is 4.79 Å². The molecule has 0 aliphatic heterocycles. The summed E-state index contributed by atoms with van der Waals surface area (Å²) in [4.78, 5) is 10.9. The van der Waals surface area contributed by atoms with E-state index in [1.165, 1.54) is 51.4 Å². The molecular weight excluding hydrogens is 312 g/mol. The fraction of sp³-hybridized carbons (Fsp3) is 0.929. The van der Waals surface area contributed by atoms with Gasteiger partial charge in [-0.2, -0.15) is 12.6 Å². The van der Waals surface area contributed by atoms with Crippen LogP contribution in [0.1, 0.15) is 64.7 Å². The number of alkyl halides is 1. The van der Waals surface area contributed by atoms with Gasteiger partial charge in [-0.15, -0.1) is 0 Å². The second kappa shape index (κ2) is 13.7. The maximum Gasteiger partial charge on any atom is 0.319 e. The zero-order valence-electron chi connectivity index (χ0n) is 11.5. The Morgan fingerprint density at radius 1 is 1.00 bits per heavy atom. The summed E-state index contributed by atoms with van der Waals surface area (Å²) >= 11 is 7.39. The number of esters is 1. The maximum absolute atomic E-state index is 11.1. The molecule has 18 heavy (non-hydrogen) atoms. The Bertz CT molecular complexity index is 198. The van der Waals surface area contributed by atoms with E-state index in [2.05, 4.69) is 28.6 Å². The molecule has 0 aromatic carbocycles. The molecule has 0 aromatic rings. The largest absolute Gasteiger partial charge is 0.465 e. The average Bonchev–Trinajstić information content (AvgIpc) is 2.35. The van der Waals surface area contributed by atoms with Gasteiger partial charge in [-0.25, -0.2) is 0 Å². The zero-order valence-corrected chi connectivity index (χ0v) is 14.0. The van der Waals surface area contributed by atoms with Crippen molar-refractivity contribution in [2.24, 2.45) is 0 Å². The van der Waals surface area contributed by atoms with Crippen molar-refractivity contribution < 1.29 is 9.53 Å². The standard InChI is InChI=1S/C14H27BrO2S/c1-13(15)14(16)17-11-9-7-5-3-2-4-6-8-10-12-18/h13,18H,2-12H2,1H3. The molecular formula is C14H27BrO2S. The Hall–Kier alpha value is 0.300. The van der Waals surface area contributed by atoms with Crippen LogP contribution < -0.4 is 0 Å². The van der Waals surface area contributed by atoms with Crippen LogP contribution in [0.2, 0.25) is 0 Å². The van der Waals surface area contributed by atoms with E-state index >= 15 is 0 Å². The summed E-state index contributed by atoms with van der Waals surface area (Å²) in [6, 6.07) is 0. The predicted molar refractivity (Wildman–Crippen MR) is 84.8 cm³/mol. The Labute approximate surface area is 126 Å². The Morgan fingerprint density at radius 3 is 1.89 bits per heavy atom. The first-order chi connectivity index (χ1) is 8.68. The van der Waals surface area contributed by atoms with E-state index in [1.807, 2.05) is 0 Å². The van der Waals surface area contributed by atoms with Gasteiger partial charge < -0.3 is 4.74 Å². The van der Waals surface area contributed by atoms with E-state index in [1.54, 1.807) is 6.92 Å². The summed E-state index contributed by atoms with van der Waals surface area (Å²) in [6.45, 7) is 2.35. The van der Waals surface area contributed by atoms with E-state index in [0.29, 0.717) is 6.61 Å². The highest BCUT2D eigenvalue weighted by Crippen LogP contribution is 2.10. The van der Waals surface area contributed by atoms with Gasteiger partial charge in [-0.1, -0.05) is 60.9 Å². The van der Waals surface area contributed by atoms with Crippen molar-refractivity contribution in [3.63, 3.8) is 0 Å². The molecule has 0 rings (SSSR count). The lowest BCUT2D eigenvalue weighted by Crippen LogP contribution is -2.14. The number of unbranched alkanes of at least 4 members (excludes halogenated alkanes) is 8. The van der Waals surface area contributed by atoms with E-state index < -0.39 is 0 Å². The molecule has 0 fully saturated rings. The second-order valence-electron chi connectivity index (χ2n) is 4.69. The molecule has 0 amide bonds. The van der Waals surface area contributed by atoms with Crippen molar-refractivity contribution in [3.05, 3.63) is 0 Å². The molecule has 1 atom stereocenters. The van der Waals surface area contributed by atoms with Gasteiger partial charge in [-0.05, 0) is 25.5 Å². The molecule has 0 spiro atoms. The van der Waals surface area contributed by atoms with Crippen molar-refractivity contribution in [3.8, 4) is 0 Å². The minimum absolute atomic E-state index is 0.154. The number of thiol groups is 1. The van der Waals surface area contributed by atoms with E-state index in [-0.39, 0.29) is 10.8 Å². The molecule has 2 nitrogen and oxygen atoms in total. The average molecular weight is 339 g/mol. The first-order valence-corrected chi connectivity index (χ1v) is 8.65. The number of carbonyl (C=O) groups is 1. The van der Waals surface area contributed by atoms with Crippen LogP contribution in [0, 0.1) is 0 Å². The molecule has 1 unspecified atom stereocenters. The first-order valence-electron chi connectivity index (χ1n) is 7.10. The Morgan fingerprint density at radius 2 is 1.44 bits per heavy atom. The second-order valence-corrected chi connectivity index (χ2v) is 6.51. The molecule has 0 saturated carbocycles. The van der Waals surface area contributed by atoms with Gasteiger partial charge in [0.2, 0.25) is 0 Å². The van der Waals surface area contributed by atoms with Crippen LogP contribution in [-0.2, 0) is 9.53 Å². The van der Waals surface area contributed by atoms with Gasteiger partial charge in [0.25, 0.3) is 0 Å². The maximum atomic E-state index is 11.1. The van der Waals surface area contributed by atoms with Crippen molar-refractivity contribution in [2.75, 3.05) is 12.4 Å². The van der Waals surface area contributed by atoms with Crippen LogP contribution in [-0.4, -0.2) is 23.2 Å². The highest BCUT2D eigenvalue weighted by Gasteiger charge is 2.08.